The van der Waals surface area contributed by atoms with Gasteiger partial charge >= 0.3 is 5.97 Å². The van der Waals surface area contributed by atoms with Crippen LogP contribution in [0.25, 0.3) is 0 Å². The van der Waals surface area contributed by atoms with E-state index in [2.05, 4.69) is 15.8 Å². The average molecular weight is 522 g/mol. The molecule has 0 fully saturated rings. The summed E-state index contributed by atoms with van der Waals surface area (Å²) in [5.41, 5.74) is 6.06. The second kappa shape index (κ2) is 12.8. The Morgan fingerprint density at radius 1 is 0.769 bits per heavy atom. The van der Waals surface area contributed by atoms with E-state index in [-0.39, 0.29) is 11.7 Å². The number of aryl methyl sites for hydroxylation is 1. The molecular weight excluding hydrogens is 494 g/mol. The number of nitrogens with zero attached hydrogens (tertiary/aromatic N) is 1. The van der Waals surface area contributed by atoms with Crippen LogP contribution in [0.2, 0.25) is 0 Å². The van der Waals surface area contributed by atoms with Gasteiger partial charge in [-0.2, -0.15) is 5.10 Å². The van der Waals surface area contributed by atoms with E-state index >= 15 is 0 Å². The van der Waals surface area contributed by atoms with Crippen molar-refractivity contribution in [2.75, 3.05) is 11.9 Å². The van der Waals surface area contributed by atoms with Crippen LogP contribution in [0.15, 0.2) is 102 Å². The molecule has 0 atom stereocenters. The topological polar surface area (TPSA) is 106 Å². The molecule has 39 heavy (non-hydrogen) atoms. The molecule has 4 aromatic carbocycles. The number of rotatable bonds is 9. The lowest BCUT2D eigenvalue weighted by molar-refractivity contribution is 0.0728. The molecule has 0 aliphatic carbocycles. The largest absolute Gasteiger partial charge is 0.490 e. The van der Waals surface area contributed by atoms with Crippen LogP contribution >= 0.6 is 0 Å². The van der Waals surface area contributed by atoms with Crippen LogP contribution in [0.4, 0.5) is 5.69 Å². The lowest BCUT2D eigenvalue weighted by Crippen LogP contribution is -2.18. The summed E-state index contributed by atoms with van der Waals surface area (Å²) >= 11 is 0. The predicted octanol–water partition coefficient (Wildman–Crippen LogP) is 5.63. The van der Waals surface area contributed by atoms with Crippen LogP contribution in [-0.4, -0.2) is 30.6 Å². The van der Waals surface area contributed by atoms with E-state index in [1.165, 1.54) is 6.21 Å². The van der Waals surface area contributed by atoms with E-state index in [1.807, 2.05) is 32.0 Å². The molecule has 8 nitrogen and oxygen atoms in total. The second-order valence-corrected chi connectivity index (χ2v) is 8.49. The zero-order valence-electron chi connectivity index (χ0n) is 21.5. The molecule has 0 unspecified atom stereocenters. The van der Waals surface area contributed by atoms with E-state index in [9.17, 15) is 14.4 Å². The van der Waals surface area contributed by atoms with Crippen molar-refractivity contribution < 1.29 is 23.9 Å². The number of amides is 2. The summed E-state index contributed by atoms with van der Waals surface area (Å²) in [6.45, 7) is 4.13. The first kappa shape index (κ1) is 26.8. The van der Waals surface area contributed by atoms with Crippen molar-refractivity contribution in [1.29, 1.82) is 0 Å². The van der Waals surface area contributed by atoms with E-state index < -0.39 is 11.9 Å². The van der Waals surface area contributed by atoms with Gasteiger partial charge in [-0.15, -0.1) is 0 Å². The summed E-state index contributed by atoms with van der Waals surface area (Å²) in [7, 11) is 0. The fraction of sp³-hybridized carbons (Fsp3) is 0.0968. The predicted molar refractivity (Wildman–Crippen MR) is 150 cm³/mol. The van der Waals surface area contributed by atoms with Gasteiger partial charge in [0.15, 0.2) is 11.5 Å². The Morgan fingerprint density at radius 3 is 2.13 bits per heavy atom. The molecule has 0 saturated carbocycles. The standard InChI is InChI=1S/C31H27N3O5/c1-3-38-28-19-22(11-18-27(28)39-31(37)25-12-9-21(2)10-13-25)20-32-34-30(36)24-14-16-26(17-15-24)33-29(35)23-7-5-4-6-8-23/h4-20H,3H2,1-2H3,(H,33,35)(H,34,36)/b32-20+. The summed E-state index contributed by atoms with van der Waals surface area (Å²) in [5, 5.41) is 6.81. The van der Waals surface area contributed by atoms with Crippen molar-refractivity contribution in [3.63, 3.8) is 0 Å². The number of esters is 1. The number of hydrogen-bond donors (Lipinski definition) is 2. The number of anilines is 1. The van der Waals surface area contributed by atoms with Gasteiger partial charge in [0.2, 0.25) is 0 Å². The Kier molecular flexibility index (Phi) is 8.82. The van der Waals surface area contributed by atoms with Gasteiger partial charge in [-0.3, -0.25) is 9.59 Å². The van der Waals surface area contributed by atoms with Crippen molar-refractivity contribution >= 4 is 29.7 Å². The Bertz CT molecular complexity index is 1480. The molecule has 196 valence electrons. The lowest BCUT2D eigenvalue weighted by atomic mass is 10.1. The van der Waals surface area contributed by atoms with E-state index in [1.54, 1.807) is 78.9 Å². The maximum absolute atomic E-state index is 12.5. The SMILES string of the molecule is CCOc1cc(/C=N/NC(=O)c2ccc(NC(=O)c3ccccc3)cc2)ccc1OC(=O)c1ccc(C)cc1. The first-order valence-electron chi connectivity index (χ1n) is 12.3. The van der Waals surface area contributed by atoms with Crippen molar-refractivity contribution in [2.24, 2.45) is 5.10 Å². The van der Waals surface area contributed by atoms with Gasteiger partial charge in [-0.1, -0.05) is 35.9 Å². The zero-order chi connectivity index (χ0) is 27.6. The van der Waals surface area contributed by atoms with Gasteiger partial charge in [0.05, 0.1) is 18.4 Å². The molecule has 0 aliphatic heterocycles. The number of nitrogens with one attached hydrogen (secondary N) is 2. The number of hydrazone groups is 1. The van der Waals surface area contributed by atoms with Crippen LogP contribution in [0.3, 0.4) is 0 Å². The highest BCUT2D eigenvalue weighted by Gasteiger charge is 2.13. The highest BCUT2D eigenvalue weighted by Crippen LogP contribution is 2.29. The molecule has 4 aromatic rings. The molecule has 2 N–H and O–H groups in total. The number of carbonyl (C=O) groups is 3. The Hall–Kier alpha value is -5.24. The Morgan fingerprint density at radius 2 is 1.44 bits per heavy atom. The molecule has 0 heterocycles. The summed E-state index contributed by atoms with van der Waals surface area (Å²) in [5.74, 6) is -0.486. The smallest absolute Gasteiger partial charge is 0.343 e. The van der Waals surface area contributed by atoms with Gasteiger partial charge in [0.1, 0.15) is 0 Å². The van der Waals surface area contributed by atoms with Gasteiger partial charge in [-0.05, 0) is 86.1 Å². The maximum Gasteiger partial charge on any atom is 0.343 e. The van der Waals surface area contributed by atoms with Crippen LogP contribution in [0.1, 0.15) is 49.1 Å². The molecule has 4 rings (SSSR count). The molecule has 0 bridgehead atoms. The Balaban J connectivity index is 1.36. The van der Waals surface area contributed by atoms with Crippen molar-refractivity contribution in [1.82, 2.24) is 5.43 Å². The fourth-order valence-corrected chi connectivity index (χ4v) is 3.53. The molecule has 0 radical (unpaired) electrons. The summed E-state index contributed by atoms with van der Waals surface area (Å²) < 4.78 is 11.2. The highest BCUT2D eigenvalue weighted by atomic mass is 16.6. The molecule has 0 saturated heterocycles. The number of carbonyl (C=O) groups excluding carboxylic acids is 3. The Labute approximate surface area is 226 Å². The minimum Gasteiger partial charge on any atom is -0.490 e. The molecule has 8 heteroatoms. The third-order valence-corrected chi connectivity index (χ3v) is 5.58. The number of hydrogen-bond acceptors (Lipinski definition) is 6. The molecule has 0 spiro atoms. The van der Waals surface area contributed by atoms with Crippen LogP contribution in [0, 0.1) is 6.92 Å². The van der Waals surface area contributed by atoms with Crippen molar-refractivity contribution in [3.8, 4) is 11.5 Å². The van der Waals surface area contributed by atoms with Gasteiger partial charge in [-0.25, -0.2) is 10.2 Å². The summed E-state index contributed by atoms with van der Waals surface area (Å²) in [6.07, 6.45) is 1.46. The first-order valence-corrected chi connectivity index (χ1v) is 12.3. The average Bonchev–Trinajstić information content (AvgIpc) is 2.95. The second-order valence-electron chi connectivity index (χ2n) is 8.49. The van der Waals surface area contributed by atoms with Crippen LogP contribution in [-0.2, 0) is 0 Å². The van der Waals surface area contributed by atoms with Crippen LogP contribution in [0.5, 0.6) is 11.5 Å². The van der Waals surface area contributed by atoms with Crippen LogP contribution < -0.4 is 20.2 Å². The molecular formula is C31H27N3O5. The highest BCUT2D eigenvalue weighted by molar-refractivity contribution is 6.04. The van der Waals surface area contributed by atoms with E-state index in [0.29, 0.717) is 40.3 Å². The van der Waals surface area contributed by atoms with Gasteiger partial charge in [0.25, 0.3) is 11.8 Å². The van der Waals surface area contributed by atoms with Crippen molar-refractivity contribution in [2.45, 2.75) is 13.8 Å². The molecule has 0 aromatic heterocycles. The minimum absolute atomic E-state index is 0.236. The quantitative estimate of drug-likeness (QED) is 0.129. The number of benzene rings is 4. The normalized spacial score (nSPS) is 10.6. The first-order chi connectivity index (χ1) is 18.9. The fourth-order valence-electron chi connectivity index (χ4n) is 3.53. The van der Waals surface area contributed by atoms with E-state index in [4.69, 9.17) is 9.47 Å². The third-order valence-electron chi connectivity index (χ3n) is 5.58. The third kappa shape index (κ3) is 7.39. The number of ether oxygens (including phenoxy) is 2. The van der Waals surface area contributed by atoms with Gasteiger partial charge in [0, 0.05) is 16.8 Å². The lowest BCUT2D eigenvalue weighted by Gasteiger charge is -2.11. The monoisotopic (exact) mass is 521 g/mol. The summed E-state index contributed by atoms with van der Waals surface area (Å²) in [4.78, 5) is 37.3. The van der Waals surface area contributed by atoms with Gasteiger partial charge < -0.3 is 14.8 Å². The minimum atomic E-state index is -0.490. The summed E-state index contributed by atoms with van der Waals surface area (Å²) in [6, 6.07) is 27.4. The molecule has 0 aliphatic rings. The maximum atomic E-state index is 12.5. The van der Waals surface area contributed by atoms with E-state index in [0.717, 1.165) is 5.56 Å². The molecule has 2 amide bonds. The van der Waals surface area contributed by atoms with Crippen molar-refractivity contribution in [3.05, 3.63) is 125 Å². The zero-order valence-corrected chi connectivity index (χ0v) is 21.5.